The Labute approximate surface area is 211 Å². The molecule has 0 aliphatic carbocycles. The van der Waals surface area contributed by atoms with Gasteiger partial charge in [-0.1, -0.05) is 54.6 Å². The molecule has 1 atom stereocenters. The predicted molar refractivity (Wildman–Crippen MR) is 138 cm³/mol. The molecule has 1 aliphatic heterocycles. The van der Waals surface area contributed by atoms with E-state index in [0.717, 1.165) is 11.3 Å². The number of hydrogen-bond donors (Lipinski definition) is 0. The second-order valence-electron chi connectivity index (χ2n) is 9.05. The number of fused-ring (bicyclic) bond motifs is 1. The van der Waals surface area contributed by atoms with Crippen LogP contribution in [0.2, 0.25) is 0 Å². The van der Waals surface area contributed by atoms with Crippen LogP contribution in [0.1, 0.15) is 34.9 Å². The molecule has 3 aromatic carbocycles. The first-order chi connectivity index (χ1) is 17.6. The van der Waals surface area contributed by atoms with Crippen LogP contribution in [0.3, 0.4) is 0 Å². The van der Waals surface area contributed by atoms with Gasteiger partial charge in [0.1, 0.15) is 6.04 Å². The smallest absolute Gasteiger partial charge is 0.323 e. The summed E-state index contributed by atoms with van der Waals surface area (Å²) in [5, 5.41) is 9.06. The molecule has 6 nitrogen and oxygen atoms in total. The van der Waals surface area contributed by atoms with Crippen molar-refractivity contribution in [1.82, 2.24) is 14.5 Å². The van der Waals surface area contributed by atoms with Crippen molar-refractivity contribution in [2.24, 2.45) is 0 Å². The lowest BCUT2D eigenvalue weighted by Gasteiger charge is -2.35. The van der Waals surface area contributed by atoms with Gasteiger partial charge in [-0.25, -0.2) is 4.98 Å². The molecule has 0 saturated heterocycles. The van der Waals surface area contributed by atoms with Crippen molar-refractivity contribution in [2.45, 2.75) is 39.0 Å². The minimum Gasteiger partial charge on any atom is -0.465 e. The molecule has 36 heavy (non-hydrogen) atoms. The number of aromatic nitrogens is 2. The second-order valence-corrected chi connectivity index (χ2v) is 9.05. The maximum atomic E-state index is 13.0. The normalized spacial score (nSPS) is 15.2. The van der Waals surface area contributed by atoms with Crippen molar-refractivity contribution in [2.75, 3.05) is 6.61 Å². The highest BCUT2D eigenvalue weighted by Crippen LogP contribution is 2.30. The number of ether oxygens (including phenoxy) is 1. The number of hydrogen-bond acceptors (Lipinski definition) is 5. The molecule has 6 heteroatoms. The fraction of sp³-hybridized carbons (Fsp3) is 0.233. The van der Waals surface area contributed by atoms with Crippen LogP contribution < -0.4 is 0 Å². The molecule has 0 fully saturated rings. The van der Waals surface area contributed by atoms with Crippen molar-refractivity contribution in [3.05, 3.63) is 113 Å². The molecule has 0 N–H and O–H groups in total. The molecule has 0 amide bonds. The highest BCUT2D eigenvalue weighted by Gasteiger charge is 2.33. The van der Waals surface area contributed by atoms with Gasteiger partial charge in [-0.05, 0) is 59.4 Å². The zero-order chi connectivity index (χ0) is 24.9. The average Bonchev–Trinajstić information content (AvgIpc) is 3.35. The van der Waals surface area contributed by atoms with E-state index < -0.39 is 0 Å². The zero-order valence-electron chi connectivity index (χ0n) is 20.3. The summed E-state index contributed by atoms with van der Waals surface area (Å²) in [6.07, 6.45) is 4.30. The van der Waals surface area contributed by atoms with Gasteiger partial charge < -0.3 is 9.30 Å². The van der Waals surface area contributed by atoms with Crippen LogP contribution in [-0.4, -0.2) is 33.1 Å². The Morgan fingerprint density at radius 1 is 1.03 bits per heavy atom. The quantitative estimate of drug-likeness (QED) is 0.353. The van der Waals surface area contributed by atoms with Crippen LogP contribution in [-0.2, 0) is 35.6 Å². The molecule has 180 valence electrons. The first kappa shape index (κ1) is 23.5. The van der Waals surface area contributed by atoms with Gasteiger partial charge in [0.2, 0.25) is 0 Å². The van der Waals surface area contributed by atoms with Gasteiger partial charge in [-0.15, -0.1) is 0 Å². The van der Waals surface area contributed by atoms with Crippen LogP contribution in [0.5, 0.6) is 0 Å². The Kier molecular flexibility index (Phi) is 6.92. The highest BCUT2D eigenvalue weighted by molar-refractivity contribution is 5.77. The number of esters is 1. The van der Waals surface area contributed by atoms with E-state index in [1.807, 2.05) is 61.9 Å². The third-order valence-corrected chi connectivity index (χ3v) is 6.70. The molecule has 5 rings (SSSR count). The van der Waals surface area contributed by atoms with Gasteiger partial charge in [0.05, 0.1) is 30.3 Å². The minimum atomic E-state index is -0.349. The SMILES string of the molecule is CCOC(=O)C1Cc2ccc(-c3ccccc3)cc2CN1Cc1cncn1Cc1ccc(C#N)cc1. The number of nitrogens with zero attached hydrogens (tertiary/aromatic N) is 4. The summed E-state index contributed by atoms with van der Waals surface area (Å²) in [4.78, 5) is 19.5. The summed E-state index contributed by atoms with van der Waals surface area (Å²) in [5.41, 5.74) is 7.53. The van der Waals surface area contributed by atoms with Crippen molar-refractivity contribution in [1.29, 1.82) is 5.26 Å². The molecule has 1 unspecified atom stereocenters. The first-order valence-corrected chi connectivity index (χ1v) is 12.2. The summed E-state index contributed by atoms with van der Waals surface area (Å²) < 4.78 is 7.55. The van der Waals surface area contributed by atoms with E-state index >= 15 is 0 Å². The Hall–Kier alpha value is -4.21. The molecule has 1 aromatic heterocycles. The van der Waals surface area contributed by atoms with Gasteiger partial charge in [0.25, 0.3) is 0 Å². The van der Waals surface area contributed by atoms with Crippen LogP contribution >= 0.6 is 0 Å². The Morgan fingerprint density at radius 3 is 2.58 bits per heavy atom. The number of rotatable bonds is 7. The van der Waals surface area contributed by atoms with Crippen LogP contribution in [0.15, 0.2) is 85.3 Å². The summed E-state index contributed by atoms with van der Waals surface area (Å²) >= 11 is 0. The number of benzene rings is 3. The van der Waals surface area contributed by atoms with Gasteiger partial charge >= 0.3 is 5.97 Å². The summed E-state index contributed by atoms with van der Waals surface area (Å²) in [5.74, 6) is -0.187. The van der Waals surface area contributed by atoms with E-state index in [4.69, 9.17) is 10.00 Å². The maximum absolute atomic E-state index is 13.0. The number of carbonyl (C=O) groups excluding carboxylic acids is 1. The summed E-state index contributed by atoms with van der Waals surface area (Å²) in [6.45, 7) is 4.08. The van der Waals surface area contributed by atoms with Crippen molar-refractivity contribution >= 4 is 5.97 Å². The Balaban J connectivity index is 1.41. The molecule has 2 heterocycles. The summed E-state index contributed by atoms with van der Waals surface area (Å²) in [7, 11) is 0. The molecular formula is C30H28N4O2. The molecule has 1 aliphatic rings. The number of imidazole rings is 1. The average molecular weight is 477 g/mol. The van der Waals surface area contributed by atoms with Crippen molar-refractivity contribution in [3.8, 4) is 17.2 Å². The Morgan fingerprint density at radius 2 is 1.83 bits per heavy atom. The van der Waals surface area contributed by atoms with Crippen molar-refractivity contribution in [3.63, 3.8) is 0 Å². The summed E-state index contributed by atoms with van der Waals surface area (Å²) in [6, 6.07) is 26.3. The molecule has 4 aromatic rings. The maximum Gasteiger partial charge on any atom is 0.323 e. The fourth-order valence-corrected chi connectivity index (χ4v) is 4.80. The minimum absolute atomic E-state index is 0.187. The lowest BCUT2D eigenvalue weighted by Crippen LogP contribution is -2.46. The number of carbonyl (C=O) groups is 1. The molecule has 0 radical (unpaired) electrons. The van der Waals surface area contributed by atoms with Crippen molar-refractivity contribution < 1.29 is 9.53 Å². The standard InChI is InChI=1S/C30H28N4O2/c1-2-36-30(35)29-15-26-13-12-25(24-6-4-3-5-7-24)14-27(26)19-33(29)20-28-17-32-21-34(28)18-23-10-8-22(16-31)9-11-23/h3-14,17,21,29H,2,15,18-20H2,1H3. The van der Waals surface area contributed by atoms with Crippen LogP contribution in [0.25, 0.3) is 11.1 Å². The van der Waals surface area contributed by atoms with E-state index in [2.05, 4.69) is 50.9 Å². The monoisotopic (exact) mass is 476 g/mol. The van der Waals surface area contributed by atoms with Gasteiger partial charge in [0.15, 0.2) is 0 Å². The first-order valence-electron chi connectivity index (χ1n) is 12.2. The van der Waals surface area contributed by atoms with E-state index in [1.165, 1.54) is 22.3 Å². The van der Waals surface area contributed by atoms with Gasteiger partial charge in [-0.2, -0.15) is 5.26 Å². The van der Waals surface area contributed by atoms with Gasteiger partial charge in [-0.3, -0.25) is 9.69 Å². The third-order valence-electron chi connectivity index (χ3n) is 6.70. The second kappa shape index (κ2) is 10.6. The van der Waals surface area contributed by atoms with Gasteiger partial charge in [0, 0.05) is 25.8 Å². The molecular weight excluding hydrogens is 448 g/mol. The van der Waals surface area contributed by atoms with E-state index in [-0.39, 0.29) is 12.0 Å². The Bertz CT molecular complexity index is 1390. The van der Waals surface area contributed by atoms with E-state index in [9.17, 15) is 4.79 Å². The predicted octanol–water partition coefficient (Wildman–Crippen LogP) is 4.96. The van der Waals surface area contributed by atoms with E-state index in [0.29, 0.717) is 38.2 Å². The highest BCUT2D eigenvalue weighted by atomic mass is 16.5. The van der Waals surface area contributed by atoms with Crippen LogP contribution in [0.4, 0.5) is 0 Å². The van der Waals surface area contributed by atoms with Crippen LogP contribution in [0, 0.1) is 11.3 Å². The number of nitriles is 1. The lowest BCUT2D eigenvalue weighted by molar-refractivity contribution is -0.150. The lowest BCUT2D eigenvalue weighted by atomic mass is 9.90. The molecule has 0 saturated carbocycles. The largest absolute Gasteiger partial charge is 0.465 e. The molecule has 0 spiro atoms. The fourth-order valence-electron chi connectivity index (χ4n) is 4.80. The zero-order valence-corrected chi connectivity index (χ0v) is 20.3. The van der Waals surface area contributed by atoms with E-state index in [1.54, 1.807) is 0 Å². The molecule has 0 bridgehead atoms. The third kappa shape index (κ3) is 5.07. The topological polar surface area (TPSA) is 71.2 Å².